The number of benzene rings is 2. The monoisotopic (exact) mass is 629 g/mol. The van der Waals surface area contributed by atoms with Gasteiger partial charge < -0.3 is 25.4 Å². The predicted molar refractivity (Wildman–Crippen MR) is 177 cm³/mol. The second kappa shape index (κ2) is 13.6. The fourth-order valence-electron chi connectivity index (χ4n) is 5.95. The first-order valence-corrected chi connectivity index (χ1v) is 15.4. The third kappa shape index (κ3) is 6.84. The molecule has 0 radical (unpaired) electrons. The highest BCUT2D eigenvalue weighted by atomic mass is 35.5. The molecule has 5 N–H and O–H groups in total. The number of carboxylic acid groups (broad SMARTS) is 1. The molecule has 2 aliphatic carbocycles. The lowest BCUT2D eigenvalue weighted by Crippen LogP contribution is -2.52. The van der Waals surface area contributed by atoms with E-state index in [1.54, 1.807) is 12.1 Å². The van der Waals surface area contributed by atoms with Crippen molar-refractivity contribution >= 4 is 23.1 Å². The number of ether oxygens (including phenoxy) is 2. The van der Waals surface area contributed by atoms with Crippen molar-refractivity contribution in [2.24, 2.45) is 5.73 Å². The van der Waals surface area contributed by atoms with Gasteiger partial charge in [0.1, 0.15) is 11.6 Å². The van der Waals surface area contributed by atoms with Crippen LogP contribution in [-0.2, 0) is 17.8 Å². The van der Waals surface area contributed by atoms with Gasteiger partial charge in [-0.25, -0.2) is 0 Å². The van der Waals surface area contributed by atoms with Crippen LogP contribution in [0, 0.1) is 0 Å². The molecule has 8 nitrogen and oxygen atoms in total. The summed E-state index contributed by atoms with van der Waals surface area (Å²) < 4.78 is 11.9. The van der Waals surface area contributed by atoms with Gasteiger partial charge in [-0.2, -0.15) is 4.98 Å². The number of hydrogen-bond donors (Lipinski definition) is 4. The summed E-state index contributed by atoms with van der Waals surface area (Å²) in [4.78, 5) is 16.1. The highest BCUT2D eigenvalue weighted by Gasteiger charge is 2.32. The molecule has 236 valence electrons. The molecular formula is C36H40ClN3O5. The minimum absolute atomic E-state index is 0.144. The summed E-state index contributed by atoms with van der Waals surface area (Å²) in [6.07, 6.45) is 7.30. The van der Waals surface area contributed by atoms with Crippen molar-refractivity contribution in [3.63, 3.8) is 0 Å². The van der Waals surface area contributed by atoms with Gasteiger partial charge in [0.2, 0.25) is 11.8 Å². The maximum absolute atomic E-state index is 11.5. The van der Waals surface area contributed by atoms with E-state index in [2.05, 4.69) is 54.2 Å². The molecule has 1 aromatic heterocycles. The Kier molecular flexibility index (Phi) is 9.79. The summed E-state index contributed by atoms with van der Waals surface area (Å²) in [6.45, 7) is 7.23. The molecule has 45 heavy (non-hydrogen) atoms. The van der Waals surface area contributed by atoms with E-state index in [-0.39, 0.29) is 18.7 Å². The molecule has 1 heterocycles. The van der Waals surface area contributed by atoms with Gasteiger partial charge in [-0.3, -0.25) is 10.1 Å². The van der Waals surface area contributed by atoms with E-state index in [0.717, 1.165) is 59.1 Å². The molecular weight excluding hydrogens is 590 g/mol. The number of carbonyl (C=O) groups is 1. The van der Waals surface area contributed by atoms with Crippen LogP contribution in [-0.4, -0.2) is 46.5 Å². The topological polar surface area (TPSA) is 127 Å². The highest BCUT2D eigenvalue weighted by molar-refractivity contribution is 6.35. The SMILES string of the molecule is C=C1C[C@@H](N)C/C1=C/C=C(\C)c1cccc(-c2cccc3c2CC[C@@H]3Oc2ccc(CNC(C)(CO)C(=O)O)c(OC)n2)c1Cl. The molecule has 3 atom stereocenters. The van der Waals surface area contributed by atoms with E-state index in [0.29, 0.717) is 22.3 Å². The Hall–Kier alpha value is -3.95. The number of hydrogen-bond acceptors (Lipinski definition) is 7. The number of fused-ring (bicyclic) bond motifs is 1. The van der Waals surface area contributed by atoms with Crippen LogP contribution in [0.25, 0.3) is 16.7 Å². The summed E-state index contributed by atoms with van der Waals surface area (Å²) in [7, 11) is 1.50. The van der Waals surface area contributed by atoms with E-state index in [1.807, 2.05) is 18.2 Å². The lowest BCUT2D eigenvalue weighted by molar-refractivity contribution is -0.145. The maximum Gasteiger partial charge on any atom is 0.326 e. The van der Waals surface area contributed by atoms with E-state index < -0.39 is 18.1 Å². The van der Waals surface area contributed by atoms with Gasteiger partial charge in [-0.1, -0.05) is 72.3 Å². The molecule has 0 spiro atoms. The Balaban J connectivity index is 1.36. The van der Waals surface area contributed by atoms with E-state index in [4.69, 9.17) is 26.8 Å². The first-order valence-electron chi connectivity index (χ1n) is 15.1. The Morgan fingerprint density at radius 2 is 1.96 bits per heavy atom. The Morgan fingerprint density at radius 1 is 1.20 bits per heavy atom. The van der Waals surface area contributed by atoms with Crippen molar-refractivity contribution in [1.29, 1.82) is 0 Å². The number of pyridine rings is 1. The molecule has 1 unspecified atom stereocenters. The Bertz CT molecular complexity index is 1680. The molecule has 9 heteroatoms. The van der Waals surface area contributed by atoms with Crippen molar-refractivity contribution in [3.05, 3.63) is 106 Å². The number of nitrogens with one attached hydrogen (secondary N) is 1. The van der Waals surface area contributed by atoms with Crippen LogP contribution in [0.3, 0.4) is 0 Å². The molecule has 0 aliphatic heterocycles. The minimum atomic E-state index is -1.49. The number of nitrogens with zero attached hydrogens (tertiary/aromatic N) is 1. The molecule has 2 aromatic carbocycles. The van der Waals surface area contributed by atoms with Crippen molar-refractivity contribution < 1.29 is 24.5 Å². The van der Waals surface area contributed by atoms with Crippen LogP contribution >= 0.6 is 11.6 Å². The van der Waals surface area contributed by atoms with Gasteiger partial charge in [0.25, 0.3) is 0 Å². The van der Waals surface area contributed by atoms with E-state index in [9.17, 15) is 15.0 Å². The highest BCUT2D eigenvalue weighted by Crippen LogP contribution is 2.43. The predicted octanol–water partition coefficient (Wildman–Crippen LogP) is 6.41. The van der Waals surface area contributed by atoms with Gasteiger partial charge in [0, 0.05) is 29.8 Å². The quantitative estimate of drug-likeness (QED) is 0.192. The van der Waals surface area contributed by atoms with Gasteiger partial charge >= 0.3 is 5.97 Å². The first kappa shape index (κ1) is 32.4. The number of halogens is 1. The average Bonchev–Trinajstić information content (AvgIpc) is 3.59. The summed E-state index contributed by atoms with van der Waals surface area (Å²) in [6, 6.07) is 16.1. The summed E-state index contributed by atoms with van der Waals surface area (Å²) in [5, 5.41) is 22.5. The zero-order chi connectivity index (χ0) is 32.3. The molecule has 2 aliphatic rings. The number of rotatable bonds is 11. The van der Waals surface area contributed by atoms with E-state index >= 15 is 0 Å². The van der Waals surface area contributed by atoms with Gasteiger partial charge in [-0.15, -0.1) is 0 Å². The fourth-order valence-corrected chi connectivity index (χ4v) is 6.32. The standard InChI is InChI=1S/C36H40ClN3O5/c1-21(11-12-23-18-25(38)17-22(23)2)26-7-5-10-30(33(26)37)27-8-6-9-29-28(27)14-15-31(29)45-32-16-13-24(34(40-32)44-4)19-39-36(3,20-41)35(42)43/h5-13,16,25,31,39,41H,2,14-15,17-20,38H2,1,3-4H3,(H,42,43)/b21-11+,23-12-/t25-,31+,36?/m1/s1. The molecule has 0 saturated heterocycles. The van der Waals surface area contributed by atoms with Crippen LogP contribution in [0.5, 0.6) is 11.8 Å². The maximum atomic E-state index is 11.5. The second-order valence-electron chi connectivity index (χ2n) is 12.0. The third-order valence-electron chi connectivity index (χ3n) is 8.74. The van der Waals surface area contributed by atoms with Crippen LogP contribution in [0.4, 0.5) is 0 Å². The number of aliphatic hydroxyl groups excluding tert-OH is 1. The molecule has 3 aromatic rings. The Morgan fingerprint density at radius 3 is 2.64 bits per heavy atom. The number of nitrogens with two attached hydrogens (primary N) is 1. The number of methoxy groups -OCH3 is 1. The number of allylic oxidation sites excluding steroid dienone is 3. The molecule has 1 fully saturated rings. The average molecular weight is 630 g/mol. The zero-order valence-corrected chi connectivity index (χ0v) is 26.7. The minimum Gasteiger partial charge on any atom is -0.481 e. The fraction of sp³-hybridized carbons (Fsp3) is 0.333. The molecule has 5 rings (SSSR count). The molecule has 0 amide bonds. The summed E-state index contributed by atoms with van der Waals surface area (Å²) in [5.41, 5.74) is 14.0. The van der Waals surface area contributed by atoms with E-state index in [1.165, 1.54) is 25.2 Å². The Labute approximate surface area is 269 Å². The van der Waals surface area contributed by atoms with Gasteiger partial charge in [0.05, 0.1) is 18.7 Å². The number of aliphatic carboxylic acids is 1. The second-order valence-corrected chi connectivity index (χ2v) is 12.3. The largest absolute Gasteiger partial charge is 0.481 e. The smallest absolute Gasteiger partial charge is 0.326 e. The summed E-state index contributed by atoms with van der Waals surface area (Å²) in [5.74, 6) is -0.423. The van der Waals surface area contributed by atoms with Crippen LogP contribution < -0.4 is 20.5 Å². The van der Waals surface area contributed by atoms with Gasteiger partial charge in [-0.05, 0) is 79.0 Å². The molecule has 1 saturated carbocycles. The van der Waals surface area contributed by atoms with Crippen molar-refractivity contribution in [2.45, 2.75) is 63.8 Å². The zero-order valence-electron chi connectivity index (χ0n) is 25.9. The summed E-state index contributed by atoms with van der Waals surface area (Å²) >= 11 is 7.08. The van der Waals surface area contributed by atoms with Gasteiger partial charge in [0.15, 0.2) is 0 Å². The molecule has 0 bridgehead atoms. The van der Waals surface area contributed by atoms with Crippen molar-refractivity contribution in [2.75, 3.05) is 13.7 Å². The van der Waals surface area contributed by atoms with Crippen LogP contribution in [0.1, 0.15) is 61.5 Å². The van der Waals surface area contributed by atoms with Crippen LogP contribution in [0.15, 0.2) is 78.4 Å². The van der Waals surface area contributed by atoms with Crippen LogP contribution in [0.2, 0.25) is 5.02 Å². The van der Waals surface area contributed by atoms with Crippen molar-refractivity contribution in [1.82, 2.24) is 10.3 Å². The first-order chi connectivity index (χ1) is 21.5. The normalized spacial score (nSPS) is 20.3. The number of aromatic nitrogens is 1. The number of carboxylic acids is 1. The number of aliphatic hydroxyl groups is 1. The lowest BCUT2D eigenvalue weighted by Gasteiger charge is -2.24. The lowest BCUT2D eigenvalue weighted by atomic mass is 9.94. The third-order valence-corrected chi connectivity index (χ3v) is 9.14. The van der Waals surface area contributed by atoms with Crippen molar-refractivity contribution in [3.8, 4) is 22.9 Å².